The van der Waals surface area contributed by atoms with E-state index in [1.807, 2.05) is 54.6 Å². The second-order valence-corrected chi connectivity index (χ2v) is 7.05. The summed E-state index contributed by atoms with van der Waals surface area (Å²) >= 11 is 4.57. The Morgan fingerprint density at radius 3 is 2.59 bits per heavy atom. The van der Waals surface area contributed by atoms with E-state index in [1.54, 1.807) is 19.2 Å². The van der Waals surface area contributed by atoms with Gasteiger partial charge in [-0.15, -0.1) is 12.6 Å². The number of rotatable bonds is 6. The minimum atomic E-state index is -0.480. The maximum Gasteiger partial charge on any atom is 0.248 e. The van der Waals surface area contributed by atoms with Crippen molar-refractivity contribution in [1.29, 1.82) is 0 Å². The molecule has 0 unspecified atom stereocenters. The van der Waals surface area contributed by atoms with Gasteiger partial charge < -0.3 is 20.4 Å². The molecule has 0 aliphatic heterocycles. The van der Waals surface area contributed by atoms with Crippen molar-refractivity contribution < 1.29 is 9.53 Å². The first-order chi connectivity index (χ1) is 14.0. The number of aromatic nitrogens is 2. The summed E-state index contributed by atoms with van der Waals surface area (Å²) in [6.07, 6.45) is 0. The Kier molecular flexibility index (Phi) is 5.14. The van der Waals surface area contributed by atoms with Crippen LogP contribution in [0.25, 0.3) is 11.0 Å². The molecule has 0 spiro atoms. The van der Waals surface area contributed by atoms with E-state index in [9.17, 15) is 4.79 Å². The number of methoxy groups -OCH3 is 1. The van der Waals surface area contributed by atoms with Crippen molar-refractivity contribution in [2.45, 2.75) is 11.4 Å². The Balaban J connectivity index is 1.79. The first-order valence-electron chi connectivity index (χ1n) is 9.03. The summed E-state index contributed by atoms with van der Waals surface area (Å²) in [7, 11) is 1.63. The fraction of sp³-hybridized carbons (Fsp3) is 0.0909. The molecule has 0 radical (unpaired) electrons. The van der Waals surface area contributed by atoms with Gasteiger partial charge in [-0.25, -0.2) is 4.98 Å². The lowest BCUT2D eigenvalue weighted by molar-refractivity contribution is 0.100. The highest BCUT2D eigenvalue weighted by molar-refractivity contribution is 7.80. The lowest BCUT2D eigenvalue weighted by atomic mass is 10.2. The minimum Gasteiger partial charge on any atom is -0.497 e. The van der Waals surface area contributed by atoms with Crippen LogP contribution in [0, 0.1) is 0 Å². The summed E-state index contributed by atoms with van der Waals surface area (Å²) in [6.45, 7) is 0.574. The van der Waals surface area contributed by atoms with Crippen molar-refractivity contribution in [1.82, 2.24) is 9.55 Å². The number of ether oxygens (including phenoxy) is 1. The number of thiol groups is 1. The predicted molar refractivity (Wildman–Crippen MR) is 117 cm³/mol. The monoisotopic (exact) mass is 404 g/mol. The second-order valence-electron chi connectivity index (χ2n) is 6.57. The standard InChI is InChI=1S/C22H20N4O2S/c1-28-17-9-7-16(8-10-17)24-22-25-18-12-14(21(23)27)6-11-19(18)26(22)13-15-4-2-3-5-20(15)29/h2-12,29H,13H2,1H3,(H2,23,27)(H,24,25). The summed E-state index contributed by atoms with van der Waals surface area (Å²) in [5.41, 5.74) is 9.37. The number of imidazole rings is 1. The molecule has 146 valence electrons. The quantitative estimate of drug-likeness (QED) is 0.420. The molecule has 6 nitrogen and oxygen atoms in total. The number of hydrogen-bond donors (Lipinski definition) is 3. The summed E-state index contributed by atoms with van der Waals surface area (Å²) in [5, 5.41) is 3.36. The smallest absolute Gasteiger partial charge is 0.248 e. The van der Waals surface area contributed by atoms with Crippen LogP contribution in [0.2, 0.25) is 0 Å². The molecule has 1 aromatic heterocycles. The van der Waals surface area contributed by atoms with Crippen molar-refractivity contribution in [3.05, 3.63) is 77.9 Å². The van der Waals surface area contributed by atoms with Gasteiger partial charge in [-0.3, -0.25) is 4.79 Å². The first kappa shape index (κ1) is 18.9. The fourth-order valence-electron chi connectivity index (χ4n) is 3.16. The number of hydrogen-bond acceptors (Lipinski definition) is 5. The van der Waals surface area contributed by atoms with Gasteiger partial charge in [0.15, 0.2) is 0 Å². The number of nitrogens with one attached hydrogen (secondary N) is 1. The zero-order valence-corrected chi connectivity index (χ0v) is 16.7. The van der Waals surface area contributed by atoms with E-state index in [1.165, 1.54) is 0 Å². The molecule has 4 rings (SSSR count). The van der Waals surface area contributed by atoms with Crippen molar-refractivity contribution in [3.8, 4) is 5.75 Å². The minimum absolute atomic E-state index is 0.424. The Bertz CT molecular complexity index is 1190. The Morgan fingerprint density at radius 2 is 1.90 bits per heavy atom. The highest BCUT2D eigenvalue weighted by Crippen LogP contribution is 2.27. The van der Waals surface area contributed by atoms with E-state index >= 15 is 0 Å². The Hall–Kier alpha value is -3.45. The van der Waals surface area contributed by atoms with Gasteiger partial charge in [-0.2, -0.15) is 0 Å². The molecule has 0 bridgehead atoms. The number of benzene rings is 3. The number of fused-ring (bicyclic) bond motifs is 1. The number of carbonyl (C=O) groups excluding carboxylic acids is 1. The molecule has 4 aromatic rings. The molecular formula is C22H20N4O2S. The van der Waals surface area contributed by atoms with Crippen LogP contribution in [0.1, 0.15) is 15.9 Å². The van der Waals surface area contributed by atoms with Gasteiger partial charge in [0.05, 0.1) is 24.7 Å². The molecule has 7 heteroatoms. The largest absolute Gasteiger partial charge is 0.497 e. The SMILES string of the molecule is COc1ccc(Nc2nc3cc(C(N)=O)ccc3n2Cc2ccccc2S)cc1. The zero-order chi connectivity index (χ0) is 20.4. The van der Waals surface area contributed by atoms with Gasteiger partial charge >= 0.3 is 0 Å². The van der Waals surface area contributed by atoms with Crippen LogP contribution in [-0.2, 0) is 6.54 Å². The van der Waals surface area contributed by atoms with Gasteiger partial charge in [0.2, 0.25) is 11.9 Å². The summed E-state index contributed by atoms with van der Waals surface area (Å²) in [6, 6.07) is 20.8. The number of primary amides is 1. The maximum atomic E-state index is 11.6. The van der Waals surface area contributed by atoms with Gasteiger partial charge in [0.25, 0.3) is 0 Å². The van der Waals surface area contributed by atoms with E-state index in [0.29, 0.717) is 23.6 Å². The Morgan fingerprint density at radius 1 is 1.14 bits per heavy atom. The van der Waals surface area contributed by atoms with Crippen molar-refractivity contribution in [2.24, 2.45) is 5.73 Å². The molecule has 0 saturated heterocycles. The molecule has 0 saturated carbocycles. The van der Waals surface area contributed by atoms with Gasteiger partial charge in [0, 0.05) is 16.1 Å². The lowest BCUT2D eigenvalue weighted by Crippen LogP contribution is -2.10. The van der Waals surface area contributed by atoms with Crippen LogP contribution >= 0.6 is 12.6 Å². The molecule has 1 heterocycles. The third kappa shape index (κ3) is 3.90. The number of amides is 1. The topological polar surface area (TPSA) is 82.2 Å². The highest BCUT2D eigenvalue weighted by atomic mass is 32.1. The average Bonchev–Trinajstić information content (AvgIpc) is 3.06. The third-order valence-corrected chi connectivity index (χ3v) is 5.14. The molecule has 1 amide bonds. The van der Waals surface area contributed by atoms with E-state index < -0.39 is 5.91 Å². The van der Waals surface area contributed by atoms with Crippen molar-refractivity contribution in [3.63, 3.8) is 0 Å². The molecular weight excluding hydrogens is 384 g/mol. The molecule has 3 N–H and O–H groups in total. The summed E-state index contributed by atoms with van der Waals surface area (Å²) < 4.78 is 7.27. The van der Waals surface area contributed by atoms with Crippen LogP contribution in [0.4, 0.5) is 11.6 Å². The average molecular weight is 404 g/mol. The van der Waals surface area contributed by atoms with Gasteiger partial charge in [0.1, 0.15) is 5.75 Å². The summed E-state index contributed by atoms with van der Waals surface area (Å²) in [5.74, 6) is 0.953. The normalized spacial score (nSPS) is 10.8. The van der Waals surface area contributed by atoms with Gasteiger partial charge in [-0.05, 0) is 54.1 Å². The first-order valence-corrected chi connectivity index (χ1v) is 9.48. The number of nitrogens with two attached hydrogens (primary N) is 1. The Labute approximate surface area is 173 Å². The molecule has 0 fully saturated rings. The number of nitrogens with zero attached hydrogens (tertiary/aromatic N) is 2. The van der Waals surface area contributed by atoms with Crippen LogP contribution < -0.4 is 15.8 Å². The van der Waals surface area contributed by atoms with E-state index in [4.69, 9.17) is 15.5 Å². The molecule has 0 atom stereocenters. The lowest BCUT2D eigenvalue weighted by Gasteiger charge is -2.13. The predicted octanol–water partition coefficient (Wildman–Crippen LogP) is 4.22. The number of anilines is 2. The number of carbonyl (C=O) groups is 1. The third-order valence-electron chi connectivity index (χ3n) is 4.70. The zero-order valence-electron chi connectivity index (χ0n) is 15.8. The van der Waals surface area contributed by atoms with Gasteiger partial charge in [-0.1, -0.05) is 18.2 Å². The van der Waals surface area contributed by atoms with Crippen LogP contribution in [0.5, 0.6) is 5.75 Å². The maximum absolute atomic E-state index is 11.6. The van der Waals surface area contributed by atoms with E-state index in [-0.39, 0.29) is 0 Å². The van der Waals surface area contributed by atoms with Crippen molar-refractivity contribution >= 4 is 41.2 Å². The molecule has 3 aromatic carbocycles. The van der Waals surface area contributed by atoms with Crippen LogP contribution in [0.15, 0.2) is 71.6 Å². The molecule has 29 heavy (non-hydrogen) atoms. The van der Waals surface area contributed by atoms with E-state index in [0.717, 1.165) is 27.4 Å². The van der Waals surface area contributed by atoms with Crippen molar-refractivity contribution in [2.75, 3.05) is 12.4 Å². The van der Waals surface area contributed by atoms with Crippen LogP contribution in [0.3, 0.4) is 0 Å². The van der Waals surface area contributed by atoms with Crippen LogP contribution in [-0.4, -0.2) is 22.6 Å². The second kappa shape index (κ2) is 7.89. The molecule has 0 aliphatic rings. The highest BCUT2D eigenvalue weighted by Gasteiger charge is 2.14. The van der Waals surface area contributed by atoms with E-state index in [2.05, 4.69) is 22.5 Å². The fourth-order valence-corrected chi connectivity index (χ4v) is 3.39. The molecule has 0 aliphatic carbocycles. The summed E-state index contributed by atoms with van der Waals surface area (Å²) in [4.78, 5) is 17.2.